The van der Waals surface area contributed by atoms with Crippen molar-refractivity contribution >= 4 is 11.8 Å². The normalized spacial score (nSPS) is 14.4. The second-order valence-corrected chi connectivity index (χ2v) is 9.07. The van der Waals surface area contributed by atoms with E-state index in [-0.39, 0.29) is 17.6 Å². The van der Waals surface area contributed by atoms with Crippen LogP contribution < -0.4 is 0 Å². The number of halogens is 1. The summed E-state index contributed by atoms with van der Waals surface area (Å²) in [6.45, 7) is 6.93. The maximum atomic E-state index is 13.3. The van der Waals surface area contributed by atoms with Crippen LogP contribution in [0, 0.1) is 5.82 Å². The van der Waals surface area contributed by atoms with Crippen molar-refractivity contribution in [3.05, 3.63) is 59.8 Å². The van der Waals surface area contributed by atoms with Crippen LogP contribution in [-0.4, -0.2) is 65.8 Å². The highest BCUT2D eigenvalue weighted by Crippen LogP contribution is 2.14. The van der Waals surface area contributed by atoms with E-state index in [0.717, 1.165) is 44.6 Å². The average molecular weight is 472 g/mol. The van der Waals surface area contributed by atoms with E-state index in [1.165, 1.54) is 44.1 Å². The minimum Gasteiger partial charge on any atom is -0.459 e. The monoisotopic (exact) mass is 471 g/mol. The van der Waals surface area contributed by atoms with Gasteiger partial charge in [-0.3, -0.25) is 14.5 Å². The molecule has 0 unspecified atom stereocenters. The number of piperazine rings is 1. The first kappa shape index (κ1) is 25.9. The number of furan rings is 1. The van der Waals surface area contributed by atoms with Gasteiger partial charge in [-0.25, -0.2) is 4.39 Å². The van der Waals surface area contributed by atoms with Crippen LogP contribution >= 0.6 is 0 Å². The summed E-state index contributed by atoms with van der Waals surface area (Å²) in [7, 11) is 0. The van der Waals surface area contributed by atoms with Crippen molar-refractivity contribution in [2.75, 3.05) is 39.3 Å². The maximum absolute atomic E-state index is 13.3. The summed E-state index contributed by atoms with van der Waals surface area (Å²) in [5.74, 6) is 0.0898. The predicted octanol–water partition coefficient (Wildman–Crippen LogP) is 4.96. The van der Waals surface area contributed by atoms with Crippen LogP contribution in [0.5, 0.6) is 0 Å². The third-order valence-corrected chi connectivity index (χ3v) is 6.46. The van der Waals surface area contributed by atoms with Gasteiger partial charge in [0.25, 0.3) is 5.91 Å². The third kappa shape index (κ3) is 8.28. The summed E-state index contributed by atoms with van der Waals surface area (Å²) in [5, 5.41) is 0. The molecular weight excluding hydrogens is 433 g/mol. The number of carbonyl (C=O) groups is 2. The average Bonchev–Trinajstić information content (AvgIpc) is 3.40. The summed E-state index contributed by atoms with van der Waals surface area (Å²) in [6, 6.07) is 9.58. The molecule has 2 amide bonds. The SMILES string of the molecule is CCCCCCCCC(=O)N1CCN(CCN(Cc2ccc(F)cc2)C(=O)c2ccco2)CC1. The smallest absolute Gasteiger partial charge is 0.289 e. The molecular formula is C27H38FN3O3. The van der Waals surface area contributed by atoms with Crippen molar-refractivity contribution in [2.24, 2.45) is 0 Å². The fourth-order valence-electron chi connectivity index (χ4n) is 4.32. The van der Waals surface area contributed by atoms with Crippen molar-refractivity contribution in [3.63, 3.8) is 0 Å². The number of carbonyl (C=O) groups excluding carboxylic acids is 2. The molecule has 1 aromatic heterocycles. The fraction of sp³-hybridized carbons (Fsp3) is 0.556. The summed E-state index contributed by atoms with van der Waals surface area (Å²) >= 11 is 0. The van der Waals surface area contributed by atoms with E-state index < -0.39 is 0 Å². The molecule has 1 aliphatic rings. The van der Waals surface area contributed by atoms with E-state index in [4.69, 9.17) is 4.42 Å². The van der Waals surface area contributed by atoms with Crippen LogP contribution in [0.2, 0.25) is 0 Å². The van der Waals surface area contributed by atoms with Gasteiger partial charge in [0, 0.05) is 52.2 Å². The summed E-state index contributed by atoms with van der Waals surface area (Å²) in [4.78, 5) is 31.5. The van der Waals surface area contributed by atoms with Crippen LogP contribution in [0.4, 0.5) is 4.39 Å². The molecule has 3 rings (SSSR count). The van der Waals surface area contributed by atoms with Crippen molar-refractivity contribution in [1.82, 2.24) is 14.7 Å². The molecule has 1 aromatic carbocycles. The van der Waals surface area contributed by atoms with Crippen LogP contribution in [-0.2, 0) is 11.3 Å². The number of rotatable bonds is 13. The number of hydrogen-bond donors (Lipinski definition) is 0. The molecule has 2 aromatic rings. The Kier molecular flexibility index (Phi) is 10.6. The predicted molar refractivity (Wildman–Crippen MR) is 131 cm³/mol. The quantitative estimate of drug-likeness (QED) is 0.388. The Balaban J connectivity index is 1.44. The Bertz CT molecular complexity index is 862. The summed E-state index contributed by atoms with van der Waals surface area (Å²) < 4.78 is 18.6. The standard InChI is InChI=1S/C27H38FN3O3/c1-2-3-4-5-6-7-10-26(32)30-18-15-29(16-19-30)17-20-31(27(33)25-9-8-21-34-25)22-23-11-13-24(28)14-12-23/h8-9,11-14,21H,2-7,10,15-20,22H2,1H3. The van der Waals surface area contributed by atoms with Crippen molar-refractivity contribution in [3.8, 4) is 0 Å². The number of unbranched alkanes of at least 4 members (excludes halogenated alkanes) is 5. The molecule has 6 nitrogen and oxygen atoms in total. The van der Waals surface area contributed by atoms with Gasteiger partial charge < -0.3 is 14.2 Å². The van der Waals surface area contributed by atoms with Crippen LogP contribution in [0.3, 0.4) is 0 Å². The van der Waals surface area contributed by atoms with E-state index >= 15 is 0 Å². The number of amides is 2. The molecule has 1 saturated heterocycles. The minimum atomic E-state index is -0.295. The molecule has 1 fully saturated rings. The lowest BCUT2D eigenvalue weighted by atomic mass is 10.1. The Hall–Kier alpha value is -2.67. The minimum absolute atomic E-state index is 0.179. The van der Waals surface area contributed by atoms with Crippen molar-refractivity contribution in [1.29, 1.82) is 0 Å². The Morgan fingerprint density at radius 3 is 2.35 bits per heavy atom. The molecule has 7 heteroatoms. The number of nitrogens with zero attached hydrogens (tertiary/aromatic N) is 3. The van der Waals surface area contributed by atoms with Gasteiger partial charge in [-0.1, -0.05) is 51.2 Å². The second-order valence-electron chi connectivity index (χ2n) is 9.07. The zero-order chi connectivity index (χ0) is 24.2. The lowest BCUT2D eigenvalue weighted by Crippen LogP contribution is -2.50. The van der Waals surface area contributed by atoms with Gasteiger partial charge >= 0.3 is 0 Å². The highest BCUT2D eigenvalue weighted by Gasteiger charge is 2.23. The molecule has 0 aliphatic carbocycles. The zero-order valence-electron chi connectivity index (χ0n) is 20.4. The van der Waals surface area contributed by atoms with Gasteiger partial charge in [-0.2, -0.15) is 0 Å². The van der Waals surface area contributed by atoms with E-state index in [1.54, 1.807) is 29.2 Å². The van der Waals surface area contributed by atoms with Gasteiger partial charge in [0.2, 0.25) is 5.91 Å². The first-order valence-corrected chi connectivity index (χ1v) is 12.6. The van der Waals surface area contributed by atoms with Gasteiger partial charge in [0.15, 0.2) is 5.76 Å². The van der Waals surface area contributed by atoms with Gasteiger partial charge in [0.1, 0.15) is 5.82 Å². The second kappa shape index (κ2) is 13.9. The summed E-state index contributed by atoms with van der Waals surface area (Å²) in [5.41, 5.74) is 0.867. The Morgan fingerprint density at radius 2 is 1.68 bits per heavy atom. The number of hydrogen-bond acceptors (Lipinski definition) is 4. The van der Waals surface area contributed by atoms with Gasteiger partial charge in [0.05, 0.1) is 6.26 Å². The first-order valence-electron chi connectivity index (χ1n) is 12.6. The fourth-order valence-corrected chi connectivity index (χ4v) is 4.32. The molecule has 0 N–H and O–H groups in total. The lowest BCUT2D eigenvalue weighted by Gasteiger charge is -2.36. The summed E-state index contributed by atoms with van der Waals surface area (Å²) in [6.07, 6.45) is 9.27. The van der Waals surface area contributed by atoms with Crippen LogP contribution in [0.25, 0.3) is 0 Å². The van der Waals surface area contributed by atoms with E-state index in [2.05, 4.69) is 11.8 Å². The highest BCUT2D eigenvalue weighted by atomic mass is 19.1. The largest absolute Gasteiger partial charge is 0.459 e. The lowest BCUT2D eigenvalue weighted by molar-refractivity contribution is -0.133. The highest BCUT2D eigenvalue weighted by molar-refractivity contribution is 5.91. The van der Waals surface area contributed by atoms with Crippen molar-refractivity contribution < 1.29 is 18.4 Å². The Morgan fingerprint density at radius 1 is 0.971 bits per heavy atom. The van der Waals surface area contributed by atoms with Gasteiger partial charge in [-0.15, -0.1) is 0 Å². The molecule has 0 radical (unpaired) electrons. The van der Waals surface area contributed by atoms with Crippen LogP contribution in [0.15, 0.2) is 47.1 Å². The molecule has 34 heavy (non-hydrogen) atoms. The maximum Gasteiger partial charge on any atom is 0.289 e. The third-order valence-electron chi connectivity index (χ3n) is 6.46. The molecule has 186 valence electrons. The zero-order valence-corrected chi connectivity index (χ0v) is 20.4. The molecule has 0 bridgehead atoms. The van der Waals surface area contributed by atoms with E-state index in [0.29, 0.717) is 31.8 Å². The number of benzene rings is 1. The van der Waals surface area contributed by atoms with Gasteiger partial charge in [-0.05, 0) is 36.2 Å². The Labute approximate surface area is 202 Å². The van der Waals surface area contributed by atoms with E-state index in [1.807, 2.05) is 4.90 Å². The van der Waals surface area contributed by atoms with E-state index in [9.17, 15) is 14.0 Å². The molecule has 1 aliphatic heterocycles. The van der Waals surface area contributed by atoms with Crippen LogP contribution in [0.1, 0.15) is 68.0 Å². The topological polar surface area (TPSA) is 57.0 Å². The first-order chi connectivity index (χ1) is 16.6. The van der Waals surface area contributed by atoms with Crippen molar-refractivity contribution in [2.45, 2.75) is 58.4 Å². The molecule has 2 heterocycles. The molecule has 0 atom stereocenters. The molecule has 0 saturated carbocycles. The molecule has 0 spiro atoms.